The van der Waals surface area contributed by atoms with Gasteiger partial charge in [-0.1, -0.05) is 0 Å². The number of aromatic nitrogens is 4. The smallest absolute Gasteiger partial charge is 0.208 e. The molecule has 2 rings (SSSR count). The summed E-state index contributed by atoms with van der Waals surface area (Å²) in [6.45, 7) is 1.79. The summed E-state index contributed by atoms with van der Waals surface area (Å²) in [5.74, 6) is 0.904. The van der Waals surface area contributed by atoms with Gasteiger partial charge < -0.3 is 10.7 Å². The van der Waals surface area contributed by atoms with E-state index < -0.39 is 0 Å². The third-order valence-electron chi connectivity index (χ3n) is 2.33. The van der Waals surface area contributed by atoms with Crippen molar-refractivity contribution in [2.24, 2.45) is 0 Å². The van der Waals surface area contributed by atoms with E-state index in [9.17, 15) is 5.21 Å². The van der Waals surface area contributed by atoms with Crippen LogP contribution in [0.3, 0.4) is 0 Å². The van der Waals surface area contributed by atoms with Crippen LogP contribution in [-0.2, 0) is 6.42 Å². The van der Waals surface area contributed by atoms with E-state index in [0.29, 0.717) is 29.2 Å². The molecule has 0 aliphatic heterocycles. The first-order chi connectivity index (χ1) is 7.58. The molecule has 0 amide bonds. The lowest BCUT2D eigenvalue weighted by Gasteiger charge is -1.99. The number of hydrogen-bond donors (Lipinski definition) is 3. The Morgan fingerprint density at radius 1 is 1.56 bits per heavy atom. The molecule has 84 valence electrons. The normalized spacial score (nSPS) is 12.9. The summed E-state index contributed by atoms with van der Waals surface area (Å²) >= 11 is 0. The molecule has 7 heteroatoms. The fraction of sp³-hybridized carbons (Fsp3) is 0.333. The van der Waals surface area contributed by atoms with Crippen molar-refractivity contribution in [1.29, 1.82) is 0 Å². The lowest BCUT2D eigenvalue weighted by atomic mass is 10.3. The van der Waals surface area contributed by atoms with E-state index in [0.717, 1.165) is 10.5 Å². The van der Waals surface area contributed by atoms with Crippen LogP contribution in [0, 0.1) is 0 Å². The summed E-state index contributed by atoms with van der Waals surface area (Å²) in [5.41, 5.74) is 7.65. The van der Waals surface area contributed by atoms with E-state index in [-0.39, 0.29) is 0 Å². The van der Waals surface area contributed by atoms with Gasteiger partial charge in [-0.25, -0.2) is 15.0 Å². The third kappa shape index (κ3) is 1.79. The highest BCUT2D eigenvalue weighted by Gasteiger charge is 2.11. The van der Waals surface area contributed by atoms with Crippen molar-refractivity contribution in [3.63, 3.8) is 0 Å². The zero-order valence-corrected chi connectivity index (χ0v) is 9.10. The van der Waals surface area contributed by atoms with Gasteiger partial charge in [0.05, 0.1) is 12.7 Å². The van der Waals surface area contributed by atoms with E-state index in [4.69, 9.17) is 5.73 Å². The van der Waals surface area contributed by atoms with Gasteiger partial charge in [0.15, 0.2) is 18.5 Å². The molecule has 0 bridgehead atoms. The summed E-state index contributed by atoms with van der Waals surface area (Å²) in [6.07, 6.45) is 1.95. The van der Waals surface area contributed by atoms with E-state index in [1.54, 1.807) is 14.0 Å². The number of nitrogen functional groups attached to an aromatic ring is 1. The minimum Gasteiger partial charge on any atom is -0.382 e. The molecule has 0 saturated carbocycles. The number of H-pyrrole nitrogens is 1. The number of nitrogens with one attached hydrogen (secondary N) is 1. The van der Waals surface area contributed by atoms with Crippen LogP contribution in [0.1, 0.15) is 12.7 Å². The van der Waals surface area contributed by atoms with E-state index in [1.807, 2.05) is 0 Å². The SMILES string of the molecule is CC(Cc1nc(N)c2[nH]cnc2n1)=[N+](C)O. The number of nitrogens with two attached hydrogens (primary N) is 1. The molecule has 0 aliphatic rings. The zero-order valence-electron chi connectivity index (χ0n) is 9.10. The number of rotatable bonds is 2. The molecule has 2 heterocycles. The Hall–Kier alpha value is -2.18. The van der Waals surface area contributed by atoms with Crippen LogP contribution in [0.5, 0.6) is 0 Å². The van der Waals surface area contributed by atoms with Crippen LogP contribution in [0.4, 0.5) is 5.82 Å². The lowest BCUT2D eigenvalue weighted by Crippen LogP contribution is -2.15. The van der Waals surface area contributed by atoms with Crippen LogP contribution in [0.2, 0.25) is 0 Å². The van der Waals surface area contributed by atoms with E-state index in [1.165, 1.54) is 6.33 Å². The molecule has 0 atom stereocenters. The zero-order chi connectivity index (χ0) is 11.7. The van der Waals surface area contributed by atoms with Gasteiger partial charge in [-0.05, 0) is 4.74 Å². The Kier molecular flexibility index (Phi) is 2.43. The number of imidazole rings is 1. The summed E-state index contributed by atoms with van der Waals surface area (Å²) in [4.78, 5) is 15.2. The quantitative estimate of drug-likeness (QED) is 0.286. The Balaban J connectivity index is 2.43. The van der Waals surface area contributed by atoms with Gasteiger partial charge in [-0.3, -0.25) is 5.21 Å². The standard InChI is InChI=1S/C9H13N6O/c1-5(15(2)16)3-6-13-8(10)7-9(14-6)12-4-11-7/h4,16H,3H2,1-2H3,(H3,10,11,12,13,14)/q+1. The van der Waals surface area contributed by atoms with Crippen molar-refractivity contribution in [3.8, 4) is 0 Å². The number of fused-ring (bicyclic) bond motifs is 1. The Labute approximate surface area is 91.6 Å². The lowest BCUT2D eigenvalue weighted by molar-refractivity contribution is -0.755. The van der Waals surface area contributed by atoms with Gasteiger partial charge in [0, 0.05) is 6.92 Å². The second-order valence-electron chi connectivity index (χ2n) is 3.56. The number of anilines is 1. The topological polar surface area (TPSA) is 104 Å². The molecule has 0 aliphatic carbocycles. The second kappa shape index (κ2) is 3.76. The van der Waals surface area contributed by atoms with Crippen LogP contribution in [0.25, 0.3) is 11.2 Å². The maximum absolute atomic E-state index is 9.21. The van der Waals surface area contributed by atoms with Crippen molar-refractivity contribution in [2.75, 3.05) is 12.8 Å². The molecule has 7 nitrogen and oxygen atoms in total. The summed E-state index contributed by atoms with van der Waals surface area (Å²) in [7, 11) is 1.55. The minimum absolute atomic E-state index is 0.367. The first kappa shape index (κ1) is 10.3. The molecule has 0 fully saturated rings. The number of nitrogens with zero attached hydrogens (tertiary/aromatic N) is 4. The fourth-order valence-corrected chi connectivity index (χ4v) is 1.32. The van der Waals surface area contributed by atoms with Crippen LogP contribution >= 0.6 is 0 Å². The van der Waals surface area contributed by atoms with Crippen molar-refractivity contribution in [2.45, 2.75) is 13.3 Å². The van der Waals surface area contributed by atoms with Crippen LogP contribution in [-0.4, -0.2) is 42.6 Å². The first-order valence-corrected chi connectivity index (χ1v) is 4.78. The first-order valence-electron chi connectivity index (χ1n) is 4.78. The molecule has 0 saturated heterocycles. The molecule has 16 heavy (non-hydrogen) atoms. The highest BCUT2D eigenvalue weighted by Crippen LogP contribution is 2.12. The number of aromatic amines is 1. The predicted octanol–water partition coefficient (Wildman–Crippen LogP) is -0.0300. The number of hydroxylamine groups is 1. The van der Waals surface area contributed by atoms with Gasteiger partial charge in [0.25, 0.3) is 0 Å². The molecule has 0 unspecified atom stereocenters. The van der Waals surface area contributed by atoms with Gasteiger partial charge in [0.2, 0.25) is 5.71 Å². The molecule has 0 spiro atoms. The van der Waals surface area contributed by atoms with Gasteiger partial charge >= 0.3 is 0 Å². The molecule has 4 N–H and O–H groups in total. The predicted molar refractivity (Wildman–Crippen MR) is 58.5 cm³/mol. The minimum atomic E-state index is 0.367. The van der Waals surface area contributed by atoms with Gasteiger partial charge in [-0.15, -0.1) is 0 Å². The molecule has 2 aromatic rings. The molecular weight excluding hydrogens is 208 g/mol. The maximum atomic E-state index is 9.21. The fourth-order valence-electron chi connectivity index (χ4n) is 1.32. The average molecular weight is 221 g/mol. The van der Waals surface area contributed by atoms with Gasteiger partial charge in [0.1, 0.15) is 11.3 Å². The Bertz CT molecular complexity index is 554. The summed E-state index contributed by atoms with van der Waals surface area (Å²) in [5, 5.41) is 9.21. The summed E-state index contributed by atoms with van der Waals surface area (Å²) < 4.78 is 1.04. The van der Waals surface area contributed by atoms with Crippen LogP contribution < -0.4 is 5.73 Å². The monoisotopic (exact) mass is 221 g/mol. The van der Waals surface area contributed by atoms with Crippen molar-refractivity contribution in [1.82, 2.24) is 19.9 Å². The van der Waals surface area contributed by atoms with Gasteiger partial charge in [-0.2, -0.15) is 0 Å². The number of hydrogen-bond acceptors (Lipinski definition) is 5. The largest absolute Gasteiger partial charge is 0.382 e. The highest BCUT2D eigenvalue weighted by molar-refractivity contribution is 5.82. The average Bonchev–Trinajstić information content (AvgIpc) is 2.65. The van der Waals surface area contributed by atoms with Crippen molar-refractivity contribution < 1.29 is 9.95 Å². The Morgan fingerprint density at radius 3 is 3.00 bits per heavy atom. The molecule has 2 aromatic heterocycles. The van der Waals surface area contributed by atoms with Crippen LogP contribution in [0.15, 0.2) is 6.33 Å². The van der Waals surface area contributed by atoms with Crippen molar-refractivity contribution >= 4 is 22.7 Å². The van der Waals surface area contributed by atoms with Crippen molar-refractivity contribution in [3.05, 3.63) is 12.2 Å². The summed E-state index contributed by atoms with van der Waals surface area (Å²) in [6, 6.07) is 0. The molecule has 0 aromatic carbocycles. The highest BCUT2D eigenvalue weighted by atomic mass is 16.5. The Morgan fingerprint density at radius 2 is 2.31 bits per heavy atom. The maximum Gasteiger partial charge on any atom is 0.208 e. The molecular formula is C9H13N6O+. The molecule has 0 radical (unpaired) electrons. The third-order valence-corrected chi connectivity index (χ3v) is 2.33. The van der Waals surface area contributed by atoms with E-state index in [2.05, 4.69) is 19.9 Å². The van der Waals surface area contributed by atoms with E-state index >= 15 is 0 Å². The second-order valence-corrected chi connectivity index (χ2v) is 3.56.